The largest absolute Gasteiger partial charge is 0.496 e. The summed E-state index contributed by atoms with van der Waals surface area (Å²) < 4.78 is 33.0. The first-order valence-corrected chi connectivity index (χ1v) is 9.47. The summed E-state index contributed by atoms with van der Waals surface area (Å²) in [6, 6.07) is 4.02. The maximum atomic E-state index is 12.2. The molecule has 132 valence electrons. The van der Waals surface area contributed by atoms with Gasteiger partial charge in [0, 0.05) is 11.1 Å². The maximum Gasteiger partial charge on any atom is 0.342 e. The first-order chi connectivity index (χ1) is 11.2. The van der Waals surface area contributed by atoms with Gasteiger partial charge in [0.2, 0.25) is 0 Å². The van der Waals surface area contributed by atoms with Crippen LogP contribution in [0.15, 0.2) is 18.2 Å². The number of sulfone groups is 1. The van der Waals surface area contributed by atoms with Crippen LogP contribution in [-0.2, 0) is 19.4 Å². The van der Waals surface area contributed by atoms with Gasteiger partial charge in [-0.2, -0.15) is 0 Å². The molecule has 9 heteroatoms. The van der Waals surface area contributed by atoms with Crippen molar-refractivity contribution < 1.29 is 27.5 Å². The Morgan fingerprint density at radius 1 is 1.38 bits per heavy atom. The highest BCUT2D eigenvalue weighted by Crippen LogP contribution is 2.23. The van der Waals surface area contributed by atoms with E-state index in [4.69, 9.17) is 21.1 Å². The summed E-state index contributed by atoms with van der Waals surface area (Å²) in [4.78, 5) is 24.3. The Labute approximate surface area is 145 Å². The number of halogens is 1. The fourth-order valence-corrected chi connectivity index (χ4v) is 4.19. The summed E-state index contributed by atoms with van der Waals surface area (Å²) in [5.74, 6) is -1.07. The van der Waals surface area contributed by atoms with Gasteiger partial charge in [-0.3, -0.25) is 4.79 Å². The molecule has 1 aliphatic heterocycles. The van der Waals surface area contributed by atoms with E-state index in [9.17, 15) is 18.0 Å². The van der Waals surface area contributed by atoms with Gasteiger partial charge in [0.15, 0.2) is 15.9 Å². The molecular formula is C15H18ClNO6S. The van der Waals surface area contributed by atoms with Crippen molar-refractivity contribution in [3.63, 3.8) is 0 Å². The fraction of sp³-hybridized carbons (Fsp3) is 0.467. The molecule has 24 heavy (non-hydrogen) atoms. The molecule has 0 saturated carbocycles. The Hall–Kier alpha value is -1.80. The maximum absolute atomic E-state index is 12.2. The van der Waals surface area contributed by atoms with E-state index in [1.54, 1.807) is 6.07 Å². The normalized spacial score (nSPS) is 20.2. The lowest BCUT2D eigenvalue weighted by atomic mass is 10.2. The second kappa shape index (κ2) is 7.40. The molecule has 0 unspecified atom stereocenters. The number of nitrogens with one attached hydrogen (secondary N) is 1. The van der Waals surface area contributed by atoms with Crippen LogP contribution < -0.4 is 10.1 Å². The number of carbonyl (C=O) groups excluding carboxylic acids is 2. The standard InChI is InChI=1S/C15H18ClNO6S/c1-9(14(18)17-11-5-6-24(20,21)8-11)23-15(19)12-7-10(16)3-4-13(12)22-2/h3-4,7,9,11H,5-6,8H2,1-2H3,(H,17,18)/t9-,11+/m0/s1. The molecule has 1 heterocycles. The molecule has 0 bridgehead atoms. The highest BCUT2D eigenvalue weighted by molar-refractivity contribution is 7.91. The van der Waals surface area contributed by atoms with Gasteiger partial charge in [-0.25, -0.2) is 13.2 Å². The van der Waals surface area contributed by atoms with Crippen LogP contribution in [0.4, 0.5) is 0 Å². The molecular weight excluding hydrogens is 358 g/mol. The Morgan fingerprint density at radius 2 is 2.08 bits per heavy atom. The van der Waals surface area contributed by atoms with Crippen molar-refractivity contribution in [3.8, 4) is 5.75 Å². The third-order valence-electron chi connectivity index (χ3n) is 3.61. The second-order valence-electron chi connectivity index (χ2n) is 5.50. The fourth-order valence-electron chi connectivity index (χ4n) is 2.34. The molecule has 1 N–H and O–H groups in total. The van der Waals surface area contributed by atoms with E-state index >= 15 is 0 Å². The zero-order valence-electron chi connectivity index (χ0n) is 13.2. The van der Waals surface area contributed by atoms with Crippen LogP contribution in [0.1, 0.15) is 23.7 Å². The van der Waals surface area contributed by atoms with Crippen LogP contribution in [-0.4, -0.2) is 51.1 Å². The van der Waals surface area contributed by atoms with Gasteiger partial charge in [0.05, 0.1) is 18.6 Å². The van der Waals surface area contributed by atoms with Crippen molar-refractivity contribution in [3.05, 3.63) is 28.8 Å². The van der Waals surface area contributed by atoms with Crippen LogP contribution in [0.25, 0.3) is 0 Å². The number of carbonyl (C=O) groups is 2. The van der Waals surface area contributed by atoms with Crippen LogP contribution in [0.5, 0.6) is 5.75 Å². The number of benzene rings is 1. The van der Waals surface area contributed by atoms with Crippen LogP contribution >= 0.6 is 11.6 Å². The SMILES string of the molecule is COc1ccc(Cl)cc1C(=O)O[C@@H](C)C(=O)N[C@@H]1CCS(=O)(=O)C1. The Kier molecular flexibility index (Phi) is 5.71. The second-order valence-corrected chi connectivity index (χ2v) is 8.17. The molecule has 2 rings (SSSR count). The third kappa shape index (κ3) is 4.61. The zero-order valence-corrected chi connectivity index (χ0v) is 14.8. The smallest absolute Gasteiger partial charge is 0.342 e. The summed E-state index contributed by atoms with van der Waals surface area (Å²) in [6.45, 7) is 1.41. The van der Waals surface area contributed by atoms with Crippen LogP contribution in [0, 0.1) is 0 Å². The summed E-state index contributed by atoms with van der Waals surface area (Å²) in [7, 11) is -1.70. The van der Waals surface area contributed by atoms with Gasteiger partial charge in [-0.1, -0.05) is 11.6 Å². The van der Waals surface area contributed by atoms with E-state index in [-0.39, 0.29) is 22.8 Å². The van der Waals surface area contributed by atoms with E-state index in [2.05, 4.69) is 5.32 Å². The number of ether oxygens (including phenoxy) is 2. The first-order valence-electron chi connectivity index (χ1n) is 7.27. The highest BCUT2D eigenvalue weighted by Gasteiger charge is 2.31. The van der Waals surface area contributed by atoms with Gasteiger partial charge in [0.1, 0.15) is 11.3 Å². The Bertz CT molecular complexity index is 748. The van der Waals surface area contributed by atoms with Gasteiger partial charge >= 0.3 is 5.97 Å². The number of rotatable bonds is 5. The van der Waals surface area contributed by atoms with Crippen LogP contribution in [0.2, 0.25) is 5.02 Å². The number of hydrogen-bond acceptors (Lipinski definition) is 6. The monoisotopic (exact) mass is 375 g/mol. The minimum Gasteiger partial charge on any atom is -0.496 e. The summed E-state index contributed by atoms with van der Waals surface area (Å²) in [6.07, 6.45) is -0.721. The van der Waals surface area contributed by atoms with Crippen molar-refractivity contribution in [1.82, 2.24) is 5.32 Å². The average molecular weight is 376 g/mol. The van der Waals surface area contributed by atoms with Crippen molar-refractivity contribution >= 4 is 33.3 Å². The van der Waals surface area contributed by atoms with E-state index in [0.717, 1.165) is 0 Å². The lowest BCUT2D eigenvalue weighted by Gasteiger charge is -2.17. The lowest BCUT2D eigenvalue weighted by Crippen LogP contribution is -2.42. The molecule has 1 fully saturated rings. The average Bonchev–Trinajstić information content (AvgIpc) is 2.85. The van der Waals surface area contributed by atoms with Gasteiger partial charge in [-0.15, -0.1) is 0 Å². The quantitative estimate of drug-likeness (QED) is 0.776. The van der Waals surface area contributed by atoms with Crippen molar-refractivity contribution in [1.29, 1.82) is 0 Å². The summed E-state index contributed by atoms with van der Waals surface area (Å²) >= 11 is 5.86. The molecule has 1 aromatic rings. The molecule has 7 nitrogen and oxygen atoms in total. The molecule has 0 spiro atoms. The predicted octanol–water partition coefficient (Wildman–Crippen LogP) is 1.20. The van der Waals surface area contributed by atoms with Gasteiger partial charge in [0.25, 0.3) is 5.91 Å². The number of amides is 1. The topological polar surface area (TPSA) is 98.8 Å². The molecule has 0 radical (unpaired) electrons. The molecule has 2 atom stereocenters. The summed E-state index contributed by atoms with van der Waals surface area (Å²) in [5, 5.41) is 2.91. The van der Waals surface area contributed by atoms with Crippen molar-refractivity contribution in [2.75, 3.05) is 18.6 Å². The Balaban J connectivity index is 1.98. The van der Waals surface area contributed by atoms with E-state index < -0.39 is 33.9 Å². The van der Waals surface area contributed by atoms with E-state index in [1.807, 2.05) is 0 Å². The first kappa shape index (κ1) is 18.5. The van der Waals surface area contributed by atoms with Gasteiger partial charge < -0.3 is 14.8 Å². The number of hydrogen-bond donors (Lipinski definition) is 1. The van der Waals surface area contributed by atoms with Gasteiger partial charge in [-0.05, 0) is 31.5 Å². The molecule has 1 saturated heterocycles. The molecule has 0 aromatic heterocycles. The predicted molar refractivity (Wildman–Crippen MR) is 88.1 cm³/mol. The van der Waals surface area contributed by atoms with Crippen molar-refractivity contribution in [2.45, 2.75) is 25.5 Å². The third-order valence-corrected chi connectivity index (χ3v) is 5.62. The molecule has 1 aliphatic rings. The Morgan fingerprint density at radius 3 is 2.67 bits per heavy atom. The lowest BCUT2D eigenvalue weighted by molar-refractivity contribution is -0.129. The minimum atomic E-state index is -3.10. The highest BCUT2D eigenvalue weighted by atomic mass is 35.5. The molecule has 1 aromatic carbocycles. The van der Waals surface area contributed by atoms with Crippen LogP contribution in [0.3, 0.4) is 0 Å². The van der Waals surface area contributed by atoms with E-state index in [0.29, 0.717) is 11.4 Å². The minimum absolute atomic E-state index is 0.0474. The van der Waals surface area contributed by atoms with E-state index in [1.165, 1.54) is 26.2 Å². The molecule has 0 aliphatic carbocycles. The molecule has 1 amide bonds. The number of esters is 1. The van der Waals surface area contributed by atoms with Crippen molar-refractivity contribution in [2.24, 2.45) is 0 Å². The summed E-state index contributed by atoms with van der Waals surface area (Å²) in [5.41, 5.74) is 0.105. The zero-order chi connectivity index (χ0) is 17.9. The number of methoxy groups -OCH3 is 1.